The van der Waals surface area contributed by atoms with Crippen molar-refractivity contribution in [2.24, 2.45) is 0 Å². The second kappa shape index (κ2) is 8.07. The average Bonchev–Trinajstić information content (AvgIpc) is 3.44. The summed E-state index contributed by atoms with van der Waals surface area (Å²) in [6.45, 7) is 5.23. The number of aryl methyl sites for hydroxylation is 1. The molecule has 3 heterocycles. The van der Waals surface area contributed by atoms with Crippen molar-refractivity contribution in [1.82, 2.24) is 9.38 Å². The molecular weight excluding hydrogens is 472 g/mol. The normalized spacial score (nSPS) is 15.5. The van der Waals surface area contributed by atoms with E-state index in [1.165, 1.54) is 24.3 Å². The molecule has 2 aromatic heterocycles. The zero-order valence-electron chi connectivity index (χ0n) is 18.8. The molecule has 8 nitrogen and oxygen atoms in total. The largest absolute Gasteiger partial charge is 0.309 e. The fourth-order valence-corrected chi connectivity index (χ4v) is 6.33. The standard InChI is InChI=1S/C24H22N4O4S2/c1-14-12-18-13-20(8-9-21(18)28(14)16(3)29)34(31,32)26-19-6-4-17(5-7-19)23(30)22-15(2)25-24-27(22)10-11-33-24/h4-11,13-14,26H,12H2,1-3H3/t14-/m1/s1. The number of hydrogen-bond acceptors (Lipinski definition) is 6. The van der Waals surface area contributed by atoms with Gasteiger partial charge in [-0.3, -0.25) is 18.7 Å². The van der Waals surface area contributed by atoms with Gasteiger partial charge in [0.2, 0.25) is 11.7 Å². The molecule has 2 aromatic carbocycles. The molecule has 1 amide bonds. The van der Waals surface area contributed by atoms with Gasteiger partial charge in [0.15, 0.2) is 4.96 Å². The number of anilines is 2. The fourth-order valence-electron chi connectivity index (χ4n) is 4.46. The summed E-state index contributed by atoms with van der Waals surface area (Å²) in [6.07, 6.45) is 2.41. The van der Waals surface area contributed by atoms with E-state index < -0.39 is 10.0 Å². The molecule has 1 aliphatic rings. The number of nitrogens with zero attached hydrogens (tertiary/aromatic N) is 3. The molecule has 5 rings (SSSR count). The molecule has 0 fully saturated rings. The van der Waals surface area contributed by atoms with Crippen molar-refractivity contribution in [3.8, 4) is 0 Å². The molecular formula is C24H22N4O4S2. The summed E-state index contributed by atoms with van der Waals surface area (Å²) >= 11 is 1.45. The van der Waals surface area contributed by atoms with Crippen LogP contribution in [0.2, 0.25) is 0 Å². The molecule has 34 heavy (non-hydrogen) atoms. The molecule has 0 aliphatic carbocycles. The van der Waals surface area contributed by atoms with Crippen molar-refractivity contribution in [3.05, 3.63) is 76.6 Å². The Kier molecular flexibility index (Phi) is 5.29. The second-order valence-electron chi connectivity index (χ2n) is 8.35. The van der Waals surface area contributed by atoms with Gasteiger partial charge < -0.3 is 4.90 Å². The number of thiazole rings is 1. The predicted octanol–water partition coefficient (Wildman–Crippen LogP) is 4.03. The molecule has 1 aliphatic heterocycles. The molecule has 0 spiro atoms. The lowest BCUT2D eigenvalue weighted by Gasteiger charge is -2.20. The first kappa shape index (κ1) is 22.3. The Morgan fingerprint density at radius 1 is 1.15 bits per heavy atom. The molecule has 10 heteroatoms. The van der Waals surface area contributed by atoms with Gasteiger partial charge >= 0.3 is 0 Å². The van der Waals surface area contributed by atoms with E-state index in [2.05, 4.69) is 9.71 Å². The molecule has 0 radical (unpaired) electrons. The first-order valence-corrected chi connectivity index (χ1v) is 13.0. The zero-order chi connectivity index (χ0) is 24.2. The SMILES string of the molecule is CC(=O)N1c2ccc(S(=O)(=O)Nc3ccc(C(=O)c4c(C)nc5sccn45)cc3)cc2C[C@H]1C. The Morgan fingerprint density at radius 3 is 2.59 bits per heavy atom. The van der Waals surface area contributed by atoms with Gasteiger partial charge in [-0.25, -0.2) is 13.4 Å². The van der Waals surface area contributed by atoms with Gasteiger partial charge in [0.25, 0.3) is 10.0 Å². The summed E-state index contributed by atoms with van der Waals surface area (Å²) in [4.78, 5) is 31.9. The van der Waals surface area contributed by atoms with Crippen molar-refractivity contribution < 1.29 is 18.0 Å². The molecule has 0 saturated heterocycles. The molecule has 0 bridgehead atoms. The van der Waals surface area contributed by atoms with Crippen molar-refractivity contribution >= 4 is 49.4 Å². The van der Waals surface area contributed by atoms with Gasteiger partial charge in [-0.05, 0) is 68.3 Å². The number of fused-ring (bicyclic) bond motifs is 2. The number of aromatic nitrogens is 2. The third kappa shape index (κ3) is 3.68. The molecule has 0 unspecified atom stereocenters. The summed E-state index contributed by atoms with van der Waals surface area (Å²) in [7, 11) is -3.85. The molecule has 1 atom stereocenters. The van der Waals surface area contributed by atoms with Gasteiger partial charge in [0, 0.05) is 41.5 Å². The minimum absolute atomic E-state index is 0.0155. The number of sulfonamides is 1. The van der Waals surface area contributed by atoms with Crippen molar-refractivity contribution in [3.63, 3.8) is 0 Å². The molecule has 174 valence electrons. The van der Waals surface area contributed by atoms with Crippen LogP contribution < -0.4 is 9.62 Å². The Hall–Kier alpha value is -3.50. The maximum absolute atomic E-state index is 13.0. The van der Waals surface area contributed by atoms with Crippen molar-refractivity contribution in [2.45, 2.75) is 38.1 Å². The van der Waals surface area contributed by atoms with E-state index in [9.17, 15) is 18.0 Å². The summed E-state index contributed by atoms with van der Waals surface area (Å²) in [5, 5.41) is 1.87. The summed E-state index contributed by atoms with van der Waals surface area (Å²) in [5.74, 6) is -0.249. The second-order valence-corrected chi connectivity index (χ2v) is 10.9. The van der Waals surface area contributed by atoms with Crippen molar-refractivity contribution in [1.29, 1.82) is 0 Å². The summed E-state index contributed by atoms with van der Waals surface area (Å²) in [5.41, 5.74) is 3.50. The fraction of sp³-hybridized carbons (Fsp3) is 0.208. The topological polar surface area (TPSA) is 101 Å². The zero-order valence-corrected chi connectivity index (χ0v) is 20.4. The monoisotopic (exact) mass is 494 g/mol. The highest BCUT2D eigenvalue weighted by Crippen LogP contribution is 2.34. The van der Waals surface area contributed by atoms with Crippen LogP contribution in [0.4, 0.5) is 11.4 Å². The Bertz CT molecular complexity index is 1550. The number of ketones is 1. The highest BCUT2D eigenvalue weighted by molar-refractivity contribution is 7.92. The number of amides is 1. The van der Waals surface area contributed by atoms with Crippen LogP contribution in [0.1, 0.15) is 41.2 Å². The number of rotatable bonds is 5. The van der Waals surface area contributed by atoms with Gasteiger partial charge in [-0.1, -0.05) is 0 Å². The Labute approximate surface area is 200 Å². The third-order valence-electron chi connectivity index (χ3n) is 5.97. The van der Waals surface area contributed by atoms with E-state index in [0.29, 0.717) is 29.1 Å². The lowest BCUT2D eigenvalue weighted by atomic mass is 10.1. The first-order chi connectivity index (χ1) is 16.2. The Balaban J connectivity index is 1.37. The maximum atomic E-state index is 13.0. The minimum atomic E-state index is -3.85. The summed E-state index contributed by atoms with van der Waals surface area (Å²) < 4.78 is 30.3. The maximum Gasteiger partial charge on any atom is 0.261 e. The van der Waals surface area contributed by atoms with Crippen LogP contribution in [0.3, 0.4) is 0 Å². The minimum Gasteiger partial charge on any atom is -0.309 e. The lowest BCUT2D eigenvalue weighted by Crippen LogP contribution is -2.33. The van der Waals surface area contributed by atoms with Crippen LogP contribution in [0.15, 0.2) is 58.9 Å². The van der Waals surface area contributed by atoms with Crippen LogP contribution in [0.25, 0.3) is 4.96 Å². The van der Waals surface area contributed by atoms with Crippen LogP contribution in [-0.4, -0.2) is 35.5 Å². The Morgan fingerprint density at radius 2 is 1.88 bits per heavy atom. The highest BCUT2D eigenvalue weighted by atomic mass is 32.2. The predicted molar refractivity (Wildman–Crippen MR) is 131 cm³/mol. The van der Waals surface area contributed by atoms with E-state index in [0.717, 1.165) is 16.2 Å². The number of carbonyl (C=O) groups is 2. The average molecular weight is 495 g/mol. The van der Waals surface area contributed by atoms with Crippen LogP contribution in [-0.2, 0) is 21.2 Å². The summed E-state index contributed by atoms with van der Waals surface area (Å²) in [6, 6.07) is 11.1. The number of imidazole rings is 1. The number of carbonyl (C=O) groups excluding carboxylic acids is 2. The van der Waals surface area contributed by atoms with Crippen molar-refractivity contribution in [2.75, 3.05) is 9.62 Å². The van der Waals surface area contributed by atoms with Gasteiger partial charge in [-0.15, -0.1) is 11.3 Å². The first-order valence-electron chi connectivity index (χ1n) is 10.7. The molecule has 4 aromatic rings. The van der Waals surface area contributed by atoms with Crippen LogP contribution in [0, 0.1) is 6.92 Å². The van der Waals surface area contributed by atoms with E-state index in [-0.39, 0.29) is 22.6 Å². The van der Waals surface area contributed by atoms with E-state index in [4.69, 9.17) is 0 Å². The van der Waals surface area contributed by atoms with Crippen LogP contribution >= 0.6 is 11.3 Å². The van der Waals surface area contributed by atoms with E-state index >= 15 is 0 Å². The van der Waals surface area contributed by atoms with Gasteiger partial charge in [-0.2, -0.15) is 0 Å². The number of nitrogens with one attached hydrogen (secondary N) is 1. The van der Waals surface area contributed by atoms with E-state index in [1.807, 2.05) is 18.5 Å². The lowest BCUT2D eigenvalue weighted by molar-refractivity contribution is -0.116. The third-order valence-corrected chi connectivity index (χ3v) is 8.10. The molecule has 0 saturated carbocycles. The van der Waals surface area contributed by atoms with E-state index in [1.54, 1.807) is 52.6 Å². The van der Waals surface area contributed by atoms with Crippen LogP contribution in [0.5, 0.6) is 0 Å². The quantitative estimate of drug-likeness (QED) is 0.422. The highest BCUT2D eigenvalue weighted by Gasteiger charge is 2.30. The van der Waals surface area contributed by atoms with Gasteiger partial charge in [0.1, 0.15) is 5.69 Å². The number of benzene rings is 2. The van der Waals surface area contributed by atoms with Gasteiger partial charge in [0.05, 0.1) is 10.6 Å². The number of hydrogen-bond donors (Lipinski definition) is 1. The molecule has 1 N–H and O–H groups in total. The smallest absolute Gasteiger partial charge is 0.261 e.